The largest absolute Gasteiger partial charge is 0.481 e. The Labute approximate surface area is 135 Å². The summed E-state index contributed by atoms with van der Waals surface area (Å²) in [5, 5.41) is 6.44. The molecule has 6 heteroatoms. The molecular weight excluding hydrogens is 294 g/mol. The van der Waals surface area contributed by atoms with Crippen molar-refractivity contribution in [1.82, 2.24) is 4.98 Å². The predicted octanol–water partition coefficient (Wildman–Crippen LogP) is 3.01. The van der Waals surface area contributed by atoms with Gasteiger partial charge in [0, 0.05) is 25.8 Å². The molecule has 0 saturated carbocycles. The zero-order valence-corrected chi connectivity index (χ0v) is 13.2. The van der Waals surface area contributed by atoms with Gasteiger partial charge in [0.1, 0.15) is 5.75 Å². The first-order valence-electron chi connectivity index (χ1n) is 7.35. The Balaban J connectivity index is 1.76. The molecule has 120 valence electrons. The van der Waals surface area contributed by atoms with Crippen LogP contribution in [-0.4, -0.2) is 32.2 Å². The highest BCUT2D eigenvalue weighted by Gasteiger charge is 2.24. The number of pyridine rings is 1. The molecule has 2 aromatic rings. The van der Waals surface area contributed by atoms with Crippen molar-refractivity contribution in [2.75, 3.05) is 26.0 Å². The molecule has 1 aromatic carbocycles. The highest BCUT2D eigenvalue weighted by atomic mass is 16.7. The van der Waals surface area contributed by atoms with Crippen molar-refractivity contribution in [1.29, 1.82) is 0 Å². The maximum absolute atomic E-state index is 5.42. The van der Waals surface area contributed by atoms with E-state index < -0.39 is 0 Å². The number of ether oxygens (including phenoxy) is 3. The van der Waals surface area contributed by atoms with Gasteiger partial charge in [-0.15, -0.1) is 0 Å². The third-order valence-electron chi connectivity index (χ3n) is 3.63. The number of rotatable bonds is 6. The number of benzene rings is 1. The van der Waals surface area contributed by atoms with E-state index in [0.29, 0.717) is 5.88 Å². The van der Waals surface area contributed by atoms with Crippen LogP contribution in [0.15, 0.2) is 47.7 Å². The molecule has 1 atom stereocenters. The summed E-state index contributed by atoms with van der Waals surface area (Å²) in [5.41, 5.74) is 2.10. The van der Waals surface area contributed by atoms with Gasteiger partial charge in [-0.1, -0.05) is 12.1 Å². The number of hydrazone groups is 1. The average molecular weight is 313 g/mol. The SMILES string of the molecule is COCOc1ccc(C2CC=NN2c2ccc(OC)nc2)cc1. The summed E-state index contributed by atoms with van der Waals surface area (Å²) in [6.45, 7) is 0.246. The van der Waals surface area contributed by atoms with Gasteiger partial charge in [0.15, 0.2) is 6.79 Å². The standard InChI is InChI=1S/C17H19N3O3/c1-21-12-23-15-6-3-13(4-7-15)16-9-10-19-20(16)14-5-8-17(22-2)18-11-14/h3-8,10-11,16H,9,12H2,1-2H3. The fourth-order valence-electron chi connectivity index (χ4n) is 2.48. The third-order valence-corrected chi connectivity index (χ3v) is 3.63. The molecule has 0 bridgehead atoms. The zero-order chi connectivity index (χ0) is 16.1. The quantitative estimate of drug-likeness (QED) is 0.767. The number of anilines is 1. The van der Waals surface area contributed by atoms with E-state index in [4.69, 9.17) is 14.2 Å². The number of hydrogen-bond donors (Lipinski definition) is 0. The van der Waals surface area contributed by atoms with Crippen LogP contribution in [0.3, 0.4) is 0 Å². The van der Waals surface area contributed by atoms with Crippen LogP contribution in [0.4, 0.5) is 5.69 Å². The molecule has 6 nitrogen and oxygen atoms in total. The summed E-state index contributed by atoms with van der Waals surface area (Å²) in [6.07, 6.45) is 4.54. The first-order chi connectivity index (χ1) is 11.3. The number of nitrogens with zero attached hydrogens (tertiary/aromatic N) is 3. The molecule has 0 fully saturated rings. The van der Waals surface area contributed by atoms with Crippen molar-refractivity contribution in [2.24, 2.45) is 5.10 Å². The fraction of sp³-hybridized carbons (Fsp3) is 0.294. The van der Waals surface area contributed by atoms with Gasteiger partial charge >= 0.3 is 0 Å². The van der Waals surface area contributed by atoms with Crippen LogP contribution in [0, 0.1) is 0 Å². The lowest BCUT2D eigenvalue weighted by atomic mass is 10.0. The molecule has 0 aliphatic carbocycles. The van der Waals surface area contributed by atoms with E-state index in [-0.39, 0.29) is 12.8 Å². The number of methoxy groups -OCH3 is 2. The second-order valence-electron chi connectivity index (χ2n) is 5.07. The van der Waals surface area contributed by atoms with Gasteiger partial charge in [0.05, 0.1) is 25.0 Å². The van der Waals surface area contributed by atoms with Gasteiger partial charge in [-0.05, 0) is 23.8 Å². The van der Waals surface area contributed by atoms with Crippen molar-refractivity contribution in [3.63, 3.8) is 0 Å². The minimum atomic E-state index is 0.154. The fourth-order valence-corrected chi connectivity index (χ4v) is 2.48. The molecule has 23 heavy (non-hydrogen) atoms. The van der Waals surface area contributed by atoms with E-state index in [9.17, 15) is 0 Å². The van der Waals surface area contributed by atoms with Gasteiger partial charge < -0.3 is 14.2 Å². The van der Waals surface area contributed by atoms with Gasteiger partial charge in [0.2, 0.25) is 5.88 Å². The van der Waals surface area contributed by atoms with E-state index in [1.807, 2.05) is 47.6 Å². The molecule has 0 N–H and O–H groups in total. The van der Waals surface area contributed by atoms with E-state index in [2.05, 4.69) is 10.1 Å². The van der Waals surface area contributed by atoms with E-state index in [0.717, 1.165) is 17.9 Å². The van der Waals surface area contributed by atoms with Crippen molar-refractivity contribution < 1.29 is 14.2 Å². The Kier molecular flexibility index (Phi) is 4.73. The number of aromatic nitrogens is 1. The van der Waals surface area contributed by atoms with Gasteiger partial charge in [0.25, 0.3) is 0 Å². The lowest BCUT2D eigenvalue weighted by molar-refractivity contribution is 0.0511. The Bertz CT molecular complexity index is 656. The monoisotopic (exact) mass is 313 g/mol. The van der Waals surface area contributed by atoms with Crippen LogP contribution in [0.5, 0.6) is 11.6 Å². The number of hydrogen-bond acceptors (Lipinski definition) is 6. The summed E-state index contributed by atoms with van der Waals surface area (Å²) < 4.78 is 15.4. The van der Waals surface area contributed by atoms with E-state index in [1.165, 1.54) is 5.56 Å². The molecule has 2 heterocycles. The lowest BCUT2D eigenvalue weighted by Gasteiger charge is -2.24. The summed E-state index contributed by atoms with van der Waals surface area (Å²) in [6, 6.07) is 11.9. The minimum absolute atomic E-state index is 0.154. The average Bonchev–Trinajstić information content (AvgIpc) is 3.10. The molecule has 1 unspecified atom stereocenters. The topological polar surface area (TPSA) is 56.2 Å². The Morgan fingerprint density at radius 3 is 2.61 bits per heavy atom. The van der Waals surface area contributed by atoms with Crippen LogP contribution in [0.1, 0.15) is 18.0 Å². The van der Waals surface area contributed by atoms with Crippen LogP contribution in [0.2, 0.25) is 0 Å². The summed E-state index contributed by atoms with van der Waals surface area (Å²) >= 11 is 0. The molecule has 1 aliphatic heterocycles. The van der Waals surface area contributed by atoms with Crippen molar-refractivity contribution in [3.05, 3.63) is 48.2 Å². The second kappa shape index (κ2) is 7.11. The normalized spacial score (nSPS) is 16.6. The van der Waals surface area contributed by atoms with Crippen LogP contribution in [0.25, 0.3) is 0 Å². The summed E-state index contributed by atoms with van der Waals surface area (Å²) in [4.78, 5) is 4.25. The molecule has 1 aromatic heterocycles. The Morgan fingerprint density at radius 1 is 1.13 bits per heavy atom. The van der Waals surface area contributed by atoms with Gasteiger partial charge in [-0.2, -0.15) is 5.10 Å². The Hall–Kier alpha value is -2.60. The molecule has 0 saturated heterocycles. The van der Waals surface area contributed by atoms with Crippen molar-refractivity contribution >= 4 is 11.9 Å². The van der Waals surface area contributed by atoms with E-state index >= 15 is 0 Å². The Morgan fingerprint density at radius 2 is 1.96 bits per heavy atom. The molecular formula is C17H19N3O3. The van der Waals surface area contributed by atoms with Crippen LogP contribution in [-0.2, 0) is 4.74 Å². The molecule has 3 rings (SSSR count). The molecule has 1 aliphatic rings. The first kappa shape index (κ1) is 15.3. The van der Waals surface area contributed by atoms with Crippen molar-refractivity contribution in [3.8, 4) is 11.6 Å². The zero-order valence-electron chi connectivity index (χ0n) is 13.2. The summed E-state index contributed by atoms with van der Waals surface area (Å²) in [7, 11) is 3.21. The smallest absolute Gasteiger partial charge is 0.213 e. The van der Waals surface area contributed by atoms with Crippen LogP contribution < -0.4 is 14.5 Å². The van der Waals surface area contributed by atoms with E-state index in [1.54, 1.807) is 20.4 Å². The maximum Gasteiger partial charge on any atom is 0.213 e. The molecule has 0 radical (unpaired) electrons. The lowest BCUT2D eigenvalue weighted by Crippen LogP contribution is -2.18. The minimum Gasteiger partial charge on any atom is -0.481 e. The molecule has 0 spiro atoms. The maximum atomic E-state index is 5.42. The third kappa shape index (κ3) is 3.43. The molecule has 0 amide bonds. The predicted molar refractivity (Wildman–Crippen MR) is 88.1 cm³/mol. The summed E-state index contributed by atoms with van der Waals surface area (Å²) in [5.74, 6) is 1.38. The first-order valence-corrected chi connectivity index (χ1v) is 7.35. The van der Waals surface area contributed by atoms with Gasteiger partial charge in [-0.3, -0.25) is 5.01 Å². The highest BCUT2D eigenvalue weighted by Crippen LogP contribution is 2.33. The van der Waals surface area contributed by atoms with Crippen molar-refractivity contribution in [2.45, 2.75) is 12.5 Å². The van der Waals surface area contributed by atoms with Crippen LogP contribution >= 0.6 is 0 Å². The highest BCUT2D eigenvalue weighted by molar-refractivity contribution is 5.67. The van der Waals surface area contributed by atoms with Gasteiger partial charge in [-0.25, -0.2) is 4.98 Å². The second-order valence-corrected chi connectivity index (χ2v) is 5.07.